The van der Waals surface area contributed by atoms with Gasteiger partial charge in [0.25, 0.3) is 0 Å². The minimum atomic E-state index is -0.316. The van der Waals surface area contributed by atoms with Gasteiger partial charge in [-0.05, 0) is 34.1 Å². The molecule has 0 heterocycles. The van der Waals surface area contributed by atoms with E-state index in [1.807, 2.05) is 0 Å². The van der Waals surface area contributed by atoms with E-state index in [-0.39, 0.29) is 18.5 Å². The Hall–Kier alpha value is -0.650. The highest BCUT2D eigenvalue weighted by Gasteiger charge is 2.05. The van der Waals surface area contributed by atoms with Crippen molar-refractivity contribution in [2.75, 3.05) is 18.5 Å². The number of benzene rings is 1. The minimum absolute atomic E-state index is 0.0501. The molecule has 5 heteroatoms. The highest BCUT2D eigenvalue weighted by molar-refractivity contribution is 9.10. The van der Waals surface area contributed by atoms with E-state index in [2.05, 4.69) is 21.2 Å². The second kappa shape index (κ2) is 5.29. The summed E-state index contributed by atoms with van der Waals surface area (Å²) in [6, 6.07) is 4.34. The summed E-state index contributed by atoms with van der Waals surface area (Å²) in [5, 5.41) is 11.9. The fraction of sp³-hybridized carbons (Fsp3) is 0.333. The molecule has 1 unspecified atom stereocenters. The van der Waals surface area contributed by atoms with Gasteiger partial charge in [0.15, 0.2) is 0 Å². The van der Waals surface area contributed by atoms with E-state index >= 15 is 0 Å². The Morgan fingerprint density at radius 2 is 2.29 bits per heavy atom. The van der Waals surface area contributed by atoms with Gasteiger partial charge in [-0.1, -0.05) is 0 Å². The summed E-state index contributed by atoms with van der Waals surface area (Å²) >= 11 is 3.07. The molecular formula is C9H12BrFN2O. The molecule has 1 rings (SSSR count). The van der Waals surface area contributed by atoms with Crippen LogP contribution in [0.5, 0.6) is 0 Å². The van der Waals surface area contributed by atoms with Crippen molar-refractivity contribution in [3.63, 3.8) is 0 Å². The molecule has 1 atom stereocenters. The summed E-state index contributed by atoms with van der Waals surface area (Å²) in [4.78, 5) is 0. The maximum Gasteiger partial charge on any atom is 0.137 e. The number of aliphatic hydroxyl groups excluding tert-OH is 1. The summed E-state index contributed by atoms with van der Waals surface area (Å²) in [6.45, 7) is 0.275. The van der Waals surface area contributed by atoms with Crippen molar-refractivity contribution in [3.05, 3.63) is 28.5 Å². The molecule has 78 valence electrons. The summed E-state index contributed by atoms with van der Waals surface area (Å²) in [7, 11) is 0. The Morgan fingerprint density at radius 1 is 1.57 bits per heavy atom. The lowest BCUT2D eigenvalue weighted by atomic mass is 10.2. The number of nitrogens with one attached hydrogen (secondary N) is 1. The molecule has 0 aliphatic carbocycles. The summed E-state index contributed by atoms with van der Waals surface area (Å²) in [5.41, 5.74) is 6.12. The van der Waals surface area contributed by atoms with E-state index in [9.17, 15) is 4.39 Å². The second-order valence-corrected chi connectivity index (χ2v) is 3.74. The molecule has 0 aliphatic heterocycles. The second-order valence-electron chi connectivity index (χ2n) is 2.89. The molecule has 14 heavy (non-hydrogen) atoms. The first-order valence-electron chi connectivity index (χ1n) is 4.20. The minimum Gasteiger partial charge on any atom is -0.394 e. The highest BCUT2D eigenvalue weighted by Crippen LogP contribution is 2.20. The topological polar surface area (TPSA) is 58.3 Å². The molecule has 0 aliphatic rings. The van der Waals surface area contributed by atoms with Crippen molar-refractivity contribution < 1.29 is 9.50 Å². The average Bonchev–Trinajstić information content (AvgIpc) is 2.19. The first-order chi connectivity index (χ1) is 6.67. The van der Waals surface area contributed by atoms with E-state index in [0.29, 0.717) is 11.0 Å². The molecule has 3 nitrogen and oxygen atoms in total. The SMILES string of the molecule is NCC(CO)Nc1ccc(F)c(Br)c1. The van der Waals surface area contributed by atoms with Crippen LogP contribution in [0.1, 0.15) is 0 Å². The monoisotopic (exact) mass is 262 g/mol. The molecule has 0 saturated heterocycles. The number of halogens is 2. The third-order valence-corrected chi connectivity index (χ3v) is 2.40. The molecule has 0 amide bonds. The average molecular weight is 263 g/mol. The van der Waals surface area contributed by atoms with Crippen molar-refractivity contribution in [1.29, 1.82) is 0 Å². The van der Waals surface area contributed by atoms with Crippen LogP contribution in [0, 0.1) is 5.82 Å². The standard InChI is InChI=1S/C9H12BrFN2O/c10-8-3-6(1-2-9(8)11)13-7(4-12)5-14/h1-3,7,13-14H,4-5,12H2. The molecule has 0 saturated carbocycles. The van der Waals surface area contributed by atoms with Gasteiger partial charge in [-0.25, -0.2) is 4.39 Å². The Labute approximate surface area is 90.2 Å². The van der Waals surface area contributed by atoms with E-state index in [0.717, 1.165) is 5.69 Å². The highest BCUT2D eigenvalue weighted by atomic mass is 79.9. The van der Waals surface area contributed by atoms with Crippen LogP contribution in [0.15, 0.2) is 22.7 Å². The fourth-order valence-electron chi connectivity index (χ4n) is 1.00. The fourth-order valence-corrected chi connectivity index (χ4v) is 1.38. The Balaban J connectivity index is 2.72. The van der Waals surface area contributed by atoms with Gasteiger partial charge >= 0.3 is 0 Å². The maximum absolute atomic E-state index is 12.9. The predicted octanol–water partition coefficient (Wildman–Crippen LogP) is 1.32. The first-order valence-corrected chi connectivity index (χ1v) is 4.99. The Kier molecular flexibility index (Phi) is 4.31. The molecule has 1 aromatic carbocycles. The first kappa shape index (κ1) is 11.4. The van der Waals surface area contributed by atoms with E-state index in [1.165, 1.54) is 6.07 Å². The van der Waals surface area contributed by atoms with Crippen LogP contribution in [-0.2, 0) is 0 Å². The van der Waals surface area contributed by atoms with Crippen molar-refractivity contribution in [2.45, 2.75) is 6.04 Å². The molecule has 0 fully saturated rings. The number of nitrogens with two attached hydrogens (primary N) is 1. The molecule has 1 aromatic rings. The number of hydrogen-bond acceptors (Lipinski definition) is 3. The zero-order chi connectivity index (χ0) is 10.6. The van der Waals surface area contributed by atoms with E-state index in [4.69, 9.17) is 10.8 Å². The number of rotatable bonds is 4. The van der Waals surface area contributed by atoms with E-state index in [1.54, 1.807) is 12.1 Å². The van der Waals surface area contributed by atoms with Crippen LogP contribution in [-0.4, -0.2) is 24.3 Å². The van der Waals surface area contributed by atoms with Crippen LogP contribution >= 0.6 is 15.9 Å². The lowest BCUT2D eigenvalue weighted by Gasteiger charge is -2.15. The number of hydrogen-bond donors (Lipinski definition) is 3. The van der Waals surface area contributed by atoms with Crippen LogP contribution in [0.25, 0.3) is 0 Å². The Morgan fingerprint density at radius 3 is 2.79 bits per heavy atom. The smallest absolute Gasteiger partial charge is 0.137 e. The molecule has 0 spiro atoms. The van der Waals surface area contributed by atoms with Gasteiger partial charge in [0.2, 0.25) is 0 Å². The van der Waals surface area contributed by atoms with E-state index < -0.39 is 0 Å². The molecular weight excluding hydrogens is 251 g/mol. The van der Waals surface area contributed by atoms with Gasteiger partial charge in [0.1, 0.15) is 5.82 Å². The third-order valence-electron chi connectivity index (χ3n) is 1.80. The van der Waals surface area contributed by atoms with Crippen LogP contribution in [0.3, 0.4) is 0 Å². The number of aliphatic hydroxyl groups is 1. The molecule has 0 radical (unpaired) electrons. The molecule has 0 bridgehead atoms. The predicted molar refractivity (Wildman–Crippen MR) is 57.7 cm³/mol. The van der Waals surface area contributed by atoms with Crippen molar-refractivity contribution in [1.82, 2.24) is 0 Å². The van der Waals surface area contributed by atoms with Crippen LogP contribution < -0.4 is 11.1 Å². The summed E-state index contributed by atoms with van der Waals surface area (Å²) in [6.07, 6.45) is 0. The van der Waals surface area contributed by atoms with Crippen molar-refractivity contribution in [3.8, 4) is 0 Å². The van der Waals surface area contributed by atoms with Crippen LogP contribution in [0.4, 0.5) is 10.1 Å². The summed E-state index contributed by atoms with van der Waals surface area (Å²) < 4.78 is 13.2. The number of anilines is 1. The molecule has 4 N–H and O–H groups in total. The van der Waals surface area contributed by atoms with Gasteiger partial charge in [-0.3, -0.25) is 0 Å². The lowest BCUT2D eigenvalue weighted by molar-refractivity contribution is 0.276. The Bertz CT molecular complexity index is 305. The largest absolute Gasteiger partial charge is 0.394 e. The maximum atomic E-state index is 12.9. The van der Waals surface area contributed by atoms with Gasteiger partial charge < -0.3 is 16.2 Å². The zero-order valence-electron chi connectivity index (χ0n) is 7.50. The van der Waals surface area contributed by atoms with Gasteiger partial charge in [-0.15, -0.1) is 0 Å². The quantitative estimate of drug-likeness (QED) is 0.767. The van der Waals surface area contributed by atoms with Gasteiger partial charge in [0, 0.05) is 12.2 Å². The van der Waals surface area contributed by atoms with Crippen molar-refractivity contribution in [2.24, 2.45) is 5.73 Å². The normalized spacial score (nSPS) is 12.6. The summed E-state index contributed by atoms with van der Waals surface area (Å²) in [5.74, 6) is -0.316. The van der Waals surface area contributed by atoms with Gasteiger partial charge in [-0.2, -0.15) is 0 Å². The third kappa shape index (κ3) is 2.94. The lowest BCUT2D eigenvalue weighted by Crippen LogP contribution is -2.32. The van der Waals surface area contributed by atoms with Crippen LogP contribution in [0.2, 0.25) is 0 Å². The molecule has 0 aromatic heterocycles. The zero-order valence-corrected chi connectivity index (χ0v) is 9.09. The van der Waals surface area contributed by atoms with Gasteiger partial charge in [0.05, 0.1) is 17.1 Å². The van der Waals surface area contributed by atoms with Crippen molar-refractivity contribution >= 4 is 21.6 Å².